The van der Waals surface area contributed by atoms with Gasteiger partial charge in [0.2, 0.25) is 0 Å². The lowest BCUT2D eigenvalue weighted by atomic mass is 10.2. The maximum absolute atomic E-state index is 12.9. The van der Waals surface area contributed by atoms with Crippen molar-refractivity contribution in [2.24, 2.45) is 0 Å². The summed E-state index contributed by atoms with van der Waals surface area (Å²) in [5.74, 6) is -0.260. The number of likely N-dealkylation sites (tertiary alicyclic amines) is 1. The predicted octanol–water partition coefficient (Wildman–Crippen LogP) is 3.86. The lowest BCUT2D eigenvalue weighted by molar-refractivity contribution is 0.277. The van der Waals surface area contributed by atoms with Crippen LogP contribution in [0.2, 0.25) is 5.02 Å². The van der Waals surface area contributed by atoms with Crippen molar-refractivity contribution < 1.29 is 4.39 Å². The molecule has 0 aliphatic carbocycles. The van der Waals surface area contributed by atoms with E-state index in [-0.39, 0.29) is 5.82 Å². The molecule has 0 saturated carbocycles. The maximum Gasteiger partial charge on any atom is 0.124 e. The van der Waals surface area contributed by atoms with Crippen LogP contribution in [-0.2, 0) is 6.54 Å². The van der Waals surface area contributed by atoms with Gasteiger partial charge in [0.25, 0.3) is 0 Å². The Bertz CT molecular complexity index is 346. The highest BCUT2D eigenvalue weighted by Crippen LogP contribution is 2.20. The monoisotopic (exact) mass is 241 g/mol. The standard InChI is InChI=1S/C13H17ClFN/c14-13-9-12(15)6-5-11(13)10-16-7-3-1-2-4-8-16/h5-6,9H,1-4,7-8,10H2. The van der Waals surface area contributed by atoms with Gasteiger partial charge in [-0.3, -0.25) is 4.90 Å². The van der Waals surface area contributed by atoms with Crippen LogP contribution in [0.4, 0.5) is 4.39 Å². The molecular formula is C13H17ClFN. The van der Waals surface area contributed by atoms with Crippen molar-refractivity contribution in [3.05, 3.63) is 34.6 Å². The lowest BCUT2D eigenvalue weighted by Gasteiger charge is -2.20. The summed E-state index contributed by atoms with van der Waals surface area (Å²) in [6, 6.07) is 4.68. The number of hydrogen-bond donors (Lipinski definition) is 0. The van der Waals surface area contributed by atoms with Crippen LogP contribution in [0.3, 0.4) is 0 Å². The minimum Gasteiger partial charge on any atom is -0.299 e. The molecule has 1 aromatic carbocycles. The first kappa shape index (κ1) is 11.9. The lowest BCUT2D eigenvalue weighted by Crippen LogP contribution is -2.24. The number of nitrogens with zero attached hydrogens (tertiary/aromatic N) is 1. The van der Waals surface area contributed by atoms with Gasteiger partial charge < -0.3 is 0 Å². The summed E-state index contributed by atoms with van der Waals surface area (Å²) in [7, 11) is 0. The molecule has 2 rings (SSSR count). The summed E-state index contributed by atoms with van der Waals surface area (Å²) in [6.45, 7) is 3.11. The minimum atomic E-state index is -0.260. The number of rotatable bonds is 2. The fourth-order valence-electron chi connectivity index (χ4n) is 2.19. The number of halogens is 2. The third-order valence-corrected chi connectivity index (χ3v) is 3.46. The Morgan fingerprint density at radius 2 is 1.81 bits per heavy atom. The molecule has 1 saturated heterocycles. The molecule has 1 aromatic rings. The number of hydrogen-bond acceptors (Lipinski definition) is 1. The average molecular weight is 242 g/mol. The Hall–Kier alpha value is -0.600. The van der Waals surface area contributed by atoms with E-state index in [0.717, 1.165) is 25.2 Å². The molecule has 0 N–H and O–H groups in total. The highest BCUT2D eigenvalue weighted by Gasteiger charge is 2.11. The second-order valence-corrected chi connectivity index (χ2v) is 4.83. The highest BCUT2D eigenvalue weighted by atomic mass is 35.5. The molecule has 16 heavy (non-hydrogen) atoms. The summed E-state index contributed by atoms with van der Waals surface area (Å²) in [5, 5.41) is 0.546. The summed E-state index contributed by atoms with van der Waals surface area (Å²) >= 11 is 6.02. The fourth-order valence-corrected chi connectivity index (χ4v) is 2.41. The van der Waals surface area contributed by atoms with Crippen molar-refractivity contribution in [1.82, 2.24) is 4.90 Å². The molecule has 1 aliphatic heterocycles. The minimum absolute atomic E-state index is 0.260. The molecule has 0 aromatic heterocycles. The van der Waals surface area contributed by atoms with Gasteiger partial charge in [-0.1, -0.05) is 30.5 Å². The summed E-state index contributed by atoms with van der Waals surface area (Å²) in [4.78, 5) is 2.41. The molecule has 1 fully saturated rings. The van der Waals surface area contributed by atoms with Crippen molar-refractivity contribution in [1.29, 1.82) is 0 Å². The van der Waals surface area contributed by atoms with Gasteiger partial charge in [-0.2, -0.15) is 0 Å². The number of benzene rings is 1. The van der Waals surface area contributed by atoms with Crippen LogP contribution in [0.1, 0.15) is 31.2 Å². The van der Waals surface area contributed by atoms with E-state index in [4.69, 9.17) is 11.6 Å². The van der Waals surface area contributed by atoms with Crippen LogP contribution in [0.15, 0.2) is 18.2 Å². The SMILES string of the molecule is Fc1ccc(CN2CCCCCC2)c(Cl)c1. The van der Waals surface area contributed by atoms with Crippen molar-refractivity contribution in [2.45, 2.75) is 32.2 Å². The third-order valence-electron chi connectivity index (χ3n) is 3.11. The Morgan fingerprint density at radius 1 is 1.12 bits per heavy atom. The van der Waals surface area contributed by atoms with Crippen molar-refractivity contribution in [2.75, 3.05) is 13.1 Å². The fraction of sp³-hybridized carbons (Fsp3) is 0.538. The van der Waals surface area contributed by atoms with E-state index in [2.05, 4.69) is 4.90 Å². The Kier molecular flexibility index (Phi) is 4.19. The molecule has 3 heteroatoms. The smallest absolute Gasteiger partial charge is 0.124 e. The van der Waals surface area contributed by atoms with E-state index in [1.165, 1.54) is 37.8 Å². The zero-order valence-corrected chi connectivity index (χ0v) is 10.1. The van der Waals surface area contributed by atoms with E-state index in [0.29, 0.717) is 5.02 Å². The first-order chi connectivity index (χ1) is 7.75. The van der Waals surface area contributed by atoms with Crippen LogP contribution in [0.25, 0.3) is 0 Å². The molecule has 0 atom stereocenters. The molecular weight excluding hydrogens is 225 g/mol. The van der Waals surface area contributed by atoms with E-state index in [9.17, 15) is 4.39 Å². The molecule has 1 nitrogen and oxygen atoms in total. The molecule has 1 heterocycles. The van der Waals surface area contributed by atoms with Crippen LogP contribution < -0.4 is 0 Å². The van der Waals surface area contributed by atoms with Crippen LogP contribution in [0, 0.1) is 5.82 Å². The first-order valence-electron chi connectivity index (χ1n) is 5.92. The van der Waals surface area contributed by atoms with Gasteiger partial charge in [-0.25, -0.2) is 4.39 Å². The Labute approximate surface area is 101 Å². The van der Waals surface area contributed by atoms with Crippen LogP contribution >= 0.6 is 11.6 Å². The average Bonchev–Trinajstić information content (AvgIpc) is 2.51. The molecule has 0 radical (unpaired) electrons. The quantitative estimate of drug-likeness (QED) is 0.760. The van der Waals surface area contributed by atoms with Gasteiger partial charge in [-0.05, 0) is 43.6 Å². The van der Waals surface area contributed by atoms with Gasteiger partial charge >= 0.3 is 0 Å². The molecule has 0 amide bonds. The molecule has 0 unspecified atom stereocenters. The van der Waals surface area contributed by atoms with E-state index in [1.807, 2.05) is 0 Å². The van der Waals surface area contributed by atoms with Gasteiger partial charge in [0.05, 0.1) is 0 Å². The summed E-state index contributed by atoms with van der Waals surface area (Å²) in [6.07, 6.45) is 5.18. The van der Waals surface area contributed by atoms with E-state index >= 15 is 0 Å². The molecule has 0 spiro atoms. The van der Waals surface area contributed by atoms with Crippen LogP contribution in [0.5, 0.6) is 0 Å². The maximum atomic E-state index is 12.9. The second-order valence-electron chi connectivity index (χ2n) is 4.43. The van der Waals surface area contributed by atoms with Gasteiger partial charge in [0.15, 0.2) is 0 Å². The van der Waals surface area contributed by atoms with Gasteiger partial charge in [-0.15, -0.1) is 0 Å². The zero-order valence-electron chi connectivity index (χ0n) is 9.38. The molecule has 88 valence electrons. The predicted molar refractivity (Wildman–Crippen MR) is 65.2 cm³/mol. The van der Waals surface area contributed by atoms with E-state index < -0.39 is 0 Å². The van der Waals surface area contributed by atoms with E-state index in [1.54, 1.807) is 6.07 Å². The Balaban J connectivity index is 2.01. The highest BCUT2D eigenvalue weighted by molar-refractivity contribution is 6.31. The van der Waals surface area contributed by atoms with Crippen molar-refractivity contribution in [3.63, 3.8) is 0 Å². The van der Waals surface area contributed by atoms with Crippen LogP contribution in [-0.4, -0.2) is 18.0 Å². The third kappa shape index (κ3) is 3.19. The largest absolute Gasteiger partial charge is 0.299 e. The summed E-state index contributed by atoms with van der Waals surface area (Å²) in [5.41, 5.74) is 1.03. The molecule has 1 aliphatic rings. The molecule has 0 bridgehead atoms. The van der Waals surface area contributed by atoms with Crippen molar-refractivity contribution in [3.8, 4) is 0 Å². The topological polar surface area (TPSA) is 3.24 Å². The van der Waals surface area contributed by atoms with Gasteiger partial charge in [0.1, 0.15) is 5.82 Å². The normalized spacial score (nSPS) is 18.4. The van der Waals surface area contributed by atoms with Gasteiger partial charge in [0, 0.05) is 11.6 Å². The second kappa shape index (κ2) is 5.65. The Morgan fingerprint density at radius 3 is 2.44 bits per heavy atom. The summed E-state index contributed by atoms with van der Waals surface area (Å²) < 4.78 is 12.9. The zero-order chi connectivity index (χ0) is 11.4. The first-order valence-corrected chi connectivity index (χ1v) is 6.30. The van der Waals surface area contributed by atoms with Crippen molar-refractivity contribution >= 4 is 11.6 Å².